The van der Waals surface area contributed by atoms with E-state index in [0.717, 1.165) is 16.8 Å². The zero-order valence-corrected chi connectivity index (χ0v) is 19.2. The SMILES string of the molecule is Cc1cccc(C(C)C)c1NC(=O)COC(=O)c1nn(-c2ccccc2)c(=O)c2ccccc12. The lowest BCUT2D eigenvalue weighted by Crippen LogP contribution is -2.27. The molecule has 0 aliphatic rings. The molecule has 172 valence electrons. The topological polar surface area (TPSA) is 90.3 Å². The summed E-state index contributed by atoms with van der Waals surface area (Å²) in [5.74, 6) is -1.03. The Balaban J connectivity index is 1.60. The third kappa shape index (κ3) is 4.59. The number of hydrogen-bond donors (Lipinski definition) is 1. The monoisotopic (exact) mass is 455 g/mol. The van der Waals surface area contributed by atoms with Gasteiger partial charge in [-0.1, -0.05) is 68.4 Å². The lowest BCUT2D eigenvalue weighted by Gasteiger charge is -2.16. The molecular weight excluding hydrogens is 430 g/mol. The summed E-state index contributed by atoms with van der Waals surface area (Å²) >= 11 is 0. The molecule has 0 aliphatic heterocycles. The molecule has 7 nitrogen and oxygen atoms in total. The molecule has 4 rings (SSSR count). The number of ether oxygens (including phenoxy) is 1. The predicted molar refractivity (Wildman–Crippen MR) is 132 cm³/mol. The molecule has 0 unspecified atom stereocenters. The number of aromatic nitrogens is 2. The molecule has 0 radical (unpaired) electrons. The molecule has 3 aromatic carbocycles. The standard InChI is InChI=1S/C27H25N3O4/c1-17(2)20-15-9-10-18(3)24(20)28-23(31)16-34-27(33)25-21-13-7-8-14-22(21)26(32)30(29-25)19-11-5-4-6-12-19/h4-15,17H,16H2,1-3H3,(H,28,31). The number of carbonyl (C=O) groups excluding carboxylic acids is 2. The highest BCUT2D eigenvalue weighted by Crippen LogP contribution is 2.27. The van der Waals surface area contributed by atoms with Gasteiger partial charge in [-0.25, -0.2) is 4.79 Å². The van der Waals surface area contributed by atoms with Crippen LogP contribution in [0.4, 0.5) is 5.69 Å². The number of carbonyl (C=O) groups is 2. The Morgan fingerprint density at radius 1 is 0.941 bits per heavy atom. The molecule has 7 heteroatoms. The van der Waals surface area contributed by atoms with E-state index >= 15 is 0 Å². The van der Waals surface area contributed by atoms with E-state index in [1.54, 1.807) is 48.5 Å². The van der Waals surface area contributed by atoms with Crippen LogP contribution >= 0.6 is 0 Å². The molecule has 0 bridgehead atoms. The third-order valence-corrected chi connectivity index (χ3v) is 5.52. The van der Waals surface area contributed by atoms with Crippen LogP contribution in [0.2, 0.25) is 0 Å². The molecule has 1 N–H and O–H groups in total. The average Bonchev–Trinajstić information content (AvgIpc) is 2.84. The predicted octanol–water partition coefficient (Wildman–Crippen LogP) is 4.61. The second-order valence-electron chi connectivity index (χ2n) is 8.26. The van der Waals surface area contributed by atoms with Crippen molar-refractivity contribution in [3.05, 3.63) is 100.0 Å². The quantitative estimate of drug-likeness (QED) is 0.429. The van der Waals surface area contributed by atoms with Gasteiger partial charge in [0, 0.05) is 11.1 Å². The van der Waals surface area contributed by atoms with Crippen molar-refractivity contribution in [3.63, 3.8) is 0 Å². The lowest BCUT2D eigenvalue weighted by atomic mass is 9.98. The van der Waals surface area contributed by atoms with Crippen LogP contribution in [0.5, 0.6) is 0 Å². The summed E-state index contributed by atoms with van der Waals surface area (Å²) in [6.45, 7) is 5.52. The normalized spacial score (nSPS) is 10.9. The zero-order chi connectivity index (χ0) is 24.2. The number of amides is 1. The molecule has 34 heavy (non-hydrogen) atoms. The molecular formula is C27H25N3O4. The van der Waals surface area contributed by atoms with Crippen molar-refractivity contribution in [3.8, 4) is 5.69 Å². The van der Waals surface area contributed by atoms with Crippen LogP contribution < -0.4 is 10.9 Å². The third-order valence-electron chi connectivity index (χ3n) is 5.52. The van der Waals surface area contributed by atoms with Gasteiger partial charge in [-0.15, -0.1) is 0 Å². The first-order valence-corrected chi connectivity index (χ1v) is 11.0. The highest BCUT2D eigenvalue weighted by Gasteiger charge is 2.20. The van der Waals surface area contributed by atoms with E-state index < -0.39 is 18.5 Å². The molecule has 0 spiro atoms. The van der Waals surface area contributed by atoms with E-state index in [1.807, 2.05) is 45.0 Å². The number of nitrogens with one attached hydrogen (secondary N) is 1. The summed E-state index contributed by atoms with van der Waals surface area (Å²) in [6.07, 6.45) is 0. The summed E-state index contributed by atoms with van der Waals surface area (Å²) in [4.78, 5) is 38.6. The summed E-state index contributed by atoms with van der Waals surface area (Å²) in [6, 6.07) is 21.3. The van der Waals surface area contributed by atoms with Gasteiger partial charge in [-0.2, -0.15) is 9.78 Å². The van der Waals surface area contributed by atoms with Gasteiger partial charge in [0.15, 0.2) is 12.3 Å². The molecule has 1 heterocycles. The van der Waals surface area contributed by atoms with Gasteiger partial charge in [0.05, 0.1) is 11.1 Å². The number of esters is 1. The first-order valence-electron chi connectivity index (χ1n) is 11.0. The second-order valence-corrected chi connectivity index (χ2v) is 8.26. The van der Waals surface area contributed by atoms with Crippen molar-refractivity contribution in [1.29, 1.82) is 0 Å². The molecule has 0 atom stereocenters. The molecule has 1 aromatic heterocycles. The molecule has 0 fully saturated rings. The van der Waals surface area contributed by atoms with E-state index in [9.17, 15) is 14.4 Å². The first-order chi connectivity index (χ1) is 16.4. The Kier molecular flexibility index (Phi) is 6.54. The van der Waals surface area contributed by atoms with Crippen molar-refractivity contribution in [2.45, 2.75) is 26.7 Å². The van der Waals surface area contributed by atoms with Crippen LogP contribution in [-0.4, -0.2) is 28.3 Å². The largest absolute Gasteiger partial charge is 0.451 e. The Hall–Kier alpha value is -4.26. The fraction of sp³-hybridized carbons (Fsp3) is 0.185. The maximum atomic E-state index is 13.0. The number of aryl methyl sites for hydroxylation is 1. The van der Waals surface area contributed by atoms with E-state index in [-0.39, 0.29) is 17.2 Å². The average molecular weight is 456 g/mol. The zero-order valence-electron chi connectivity index (χ0n) is 19.2. The van der Waals surface area contributed by atoms with Gasteiger partial charge in [0.1, 0.15) is 0 Å². The van der Waals surface area contributed by atoms with Crippen LogP contribution in [0.1, 0.15) is 41.4 Å². The molecule has 0 aliphatic carbocycles. The number of anilines is 1. The summed E-state index contributed by atoms with van der Waals surface area (Å²) in [7, 11) is 0. The van der Waals surface area contributed by atoms with E-state index in [1.165, 1.54) is 4.68 Å². The fourth-order valence-electron chi connectivity index (χ4n) is 3.80. The number of fused-ring (bicyclic) bond motifs is 1. The van der Waals surface area contributed by atoms with Gasteiger partial charge in [0.25, 0.3) is 11.5 Å². The smallest absolute Gasteiger partial charge is 0.359 e. The van der Waals surface area contributed by atoms with Gasteiger partial charge in [0.2, 0.25) is 0 Å². The Morgan fingerprint density at radius 3 is 2.32 bits per heavy atom. The highest BCUT2D eigenvalue weighted by molar-refractivity contribution is 6.03. The van der Waals surface area contributed by atoms with Gasteiger partial charge >= 0.3 is 5.97 Å². The van der Waals surface area contributed by atoms with Crippen LogP contribution in [0.3, 0.4) is 0 Å². The minimum atomic E-state index is -0.787. The number of para-hydroxylation sites is 2. The second kappa shape index (κ2) is 9.70. The first kappa shape index (κ1) is 22.9. The van der Waals surface area contributed by atoms with Crippen LogP contribution in [0.25, 0.3) is 16.5 Å². The van der Waals surface area contributed by atoms with Gasteiger partial charge < -0.3 is 10.1 Å². The molecule has 0 saturated carbocycles. The number of rotatable bonds is 6. The summed E-state index contributed by atoms with van der Waals surface area (Å²) < 4.78 is 6.48. The van der Waals surface area contributed by atoms with Gasteiger partial charge in [-0.05, 0) is 42.2 Å². The maximum absolute atomic E-state index is 13.0. The van der Waals surface area contributed by atoms with Crippen molar-refractivity contribution in [1.82, 2.24) is 9.78 Å². The Bertz CT molecular complexity index is 1430. The fourth-order valence-corrected chi connectivity index (χ4v) is 3.80. The minimum Gasteiger partial charge on any atom is -0.451 e. The van der Waals surface area contributed by atoms with Crippen molar-refractivity contribution in [2.24, 2.45) is 0 Å². The van der Waals surface area contributed by atoms with Crippen LogP contribution in [0.15, 0.2) is 77.6 Å². The minimum absolute atomic E-state index is 0.0365. The number of nitrogens with zero attached hydrogens (tertiary/aromatic N) is 2. The molecule has 1 amide bonds. The Morgan fingerprint density at radius 2 is 1.62 bits per heavy atom. The van der Waals surface area contributed by atoms with Crippen molar-refractivity contribution in [2.75, 3.05) is 11.9 Å². The number of hydrogen-bond acceptors (Lipinski definition) is 5. The van der Waals surface area contributed by atoms with Gasteiger partial charge in [-0.3, -0.25) is 9.59 Å². The van der Waals surface area contributed by atoms with Crippen molar-refractivity contribution < 1.29 is 14.3 Å². The van der Waals surface area contributed by atoms with Crippen molar-refractivity contribution >= 4 is 28.3 Å². The molecule has 4 aromatic rings. The van der Waals surface area contributed by atoms with E-state index in [2.05, 4.69) is 10.4 Å². The summed E-state index contributed by atoms with van der Waals surface area (Å²) in [5, 5.41) is 7.84. The van der Waals surface area contributed by atoms with E-state index in [4.69, 9.17) is 4.74 Å². The highest BCUT2D eigenvalue weighted by atomic mass is 16.5. The number of benzene rings is 3. The summed E-state index contributed by atoms with van der Waals surface area (Å²) in [5.41, 5.74) is 2.78. The van der Waals surface area contributed by atoms with Crippen LogP contribution in [-0.2, 0) is 9.53 Å². The Labute approximate surface area is 197 Å². The molecule has 0 saturated heterocycles. The van der Waals surface area contributed by atoms with E-state index in [0.29, 0.717) is 16.5 Å². The maximum Gasteiger partial charge on any atom is 0.359 e. The van der Waals surface area contributed by atoms with Crippen LogP contribution in [0, 0.1) is 6.92 Å². The lowest BCUT2D eigenvalue weighted by molar-refractivity contribution is -0.119.